The Morgan fingerprint density at radius 2 is 1.82 bits per heavy atom. The molecule has 0 unspecified atom stereocenters. The molecule has 188 valence electrons. The van der Waals surface area contributed by atoms with Crippen LogP contribution in [0.1, 0.15) is 99.8 Å². The van der Waals surface area contributed by atoms with E-state index < -0.39 is 0 Å². The van der Waals surface area contributed by atoms with E-state index in [1.165, 1.54) is 32.8 Å². The second-order valence-electron chi connectivity index (χ2n) is 13.1. The van der Waals surface area contributed by atoms with E-state index in [1.54, 1.807) is 11.1 Å². The molecule has 1 fully saturated rings. The average Bonchev–Trinajstić information content (AvgIpc) is 3.07. The molecule has 0 spiro atoms. The molecule has 0 aromatic heterocycles. The van der Waals surface area contributed by atoms with Gasteiger partial charge in [0.1, 0.15) is 0 Å². The summed E-state index contributed by atoms with van der Waals surface area (Å²) in [6, 6.07) is 0. The zero-order valence-corrected chi connectivity index (χ0v) is 22.8. The highest BCUT2D eigenvalue weighted by molar-refractivity contribution is 5.96. The molecule has 4 aliphatic carbocycles. The fourth-order valence-corrected chi connectivity index (χ4v) is 8.99. The van der Waals surface area contributed by atoms with Crippen LogP contribution in [-0.2, 0) is 14.3 Å². The van der Waals surface area contributed by atoms with E-state index in [1.807, 2.05) is 13.0 Å². The van der Waals surface area contributed by atoms with Gasteiger partial charge in [-0.2, -0.15) is 0 Å². The zero-order valence-electron chi connectivity index (χ0n) is 22.8. The molecule has 0 radical (unpaired) electrons. The van der Waals surface area contributed by atoms with Crippen molar-refractivity contribution in [2.75, 3.05) is 7.11 Å². The maximum atomic E-state index is 12.7. The Hall–Kier alpha value is -1.64. The number of esters is 1. The van der Waals surface area contributed by atoms with Crippen LogP contribution >= 0.6 is 0 Å². The molecular weight excluding hydrogens is 420 g/mol. The maximum Gasteiger partial charge on any atom is 0.333 e. The Labute approximate surface area is 207 Å². The third kappa shape index (κ3) is 3.51. The normalized spacial score (nSPS) is 39.9. The second kappa shape index (κ2) is 8.49. The summed E-state index contributed by atoms with van der Waals surface area (Å²) in [6.45, 7) is 16.2. The van der Waals surface area contributed by atoms with E-state index in [4.69, 9.17) is 4.74 Å². The summed E-state index contributed by atoms with van der Waals surface area (Å²) >= 11 is 0. The number of carbonyl (C=O) groups is 2. The highest BCUT2D eigenvalue weighted by Gasteiger charge is 2.62. The van der Waals surface area contributed by atoms with Gasteiger partial charge in [0, 0.05) is 16.4 Å². The molecule has 4 rings (SSSR count). The molecule has 3 heteroatoms. The van der Waals surface area contributed by atoms with Crippen molar-refractivity contribution in [3.8, 4) is 0 Å². The number of rotatable bonds is 5. The van der Waals surface area contributed by atoms with Crippen LogP contribution in [0.3, 0.4) is 0 Å². The van der Waals surface area contributed by atoms with E-state index in [0.717, 1.165) is 31.3 Å². The molecule has 0 amide bonds. The third-order valence-corrected chi connectivity index (χ3v) is 11.4. The third-order valence-electron chi connectivity index (χ3n) is 11.4. The lowest BCUT2D eigenvalue weighted by Gasteiger charge is -2.59. The molecule has 0 heterocycles. The first-order valence-electron chi connectivity index (χ1n) is 13.5. The van der Waals surface area contributed by atoms with Crippen LogP contribution in [0.15, 0.2) is 34.9 Å². The molecule has 1 saturated carbocycles. The molecule has 4 aliphatic rings. The number of hydrogen-bond donors (Lipinski definition) is 0. The molecule has 3 nitrogen and oxygen atoms in total. The summed E-state index contributed by atoms with van der Waals surface area (Å²) in [5, 5.41) is 0. The Kier molecular flexibility index (Phi) is 6.35. The number of carbonyl (C=O) groups excluding carboxylic acids is 2. The van der Waals surface area contributed by atoms with Crippen molar-refractivity contribution >= 4 is 11.8 Å². The van der Waals surface area contributed by atoms with Crippen molar-refractivity contribution in [2.24, 2.45) is 39.4 Å². The van der Waals surface area contributed by atoms with Crippen LogP contribution in [0.2, 0.25) is 0 Å². The predicted molar refractivity (Wildman–Crippen MR) is 138 cm³/mol. The minimum atomic E-state index is -0.272. The highest BCUT2D eigenvalue weighted by atomic mass is 16.5. The van der Waals surface area contributed by atoms with Gasteiger partial charge in [0.15, 0.2) is 5.78 Å². The number of methoxy groups -OCH3 is 1. The Morgan fingerprint density at radius 3 is 2.50 bits per heavy atom. The Morgan fingerprint density at radius 1 is 1.12 bits per heavy atom. The van der Waals surface area contributed by atoms with E-state index in [2.05, 4.69) is 53.7 Å². The second-order valence-corrected chi connectivity index (χ2v) is 13.1. The van der Waals surface area contributed by atoms with E-state index >= 15 is 0 Å². The van der Waals surface area contributed by atoms with Crippen molar-refractivity contribution in [1.29, 1.82) is 0 Å². The van der Waals surface area contributed by atoms with Crippen molar-refractivity contribution in [2.45, 2.75) is 99.8 Å². The van der Waals surface area contributed by atoms with E-state index in [0.29, 0.717) is 29.0 Å². The van der Waals surface area contributed by atoms with Crippen LogP contribution in [0.25, 0.3) is 0 Å². The monoisotopic (exact) mass is 466 g/mol. The molecule has 0 saturated heterocycles. The van der Waals surface area contributed by atoms with Gasteiger partial charge in [0.25, 0.3) is 0 Å². The lowest BCUT2D eigenvalue weighted by molar-refractivity contribution is -0.136. The first-order valence-corrected chi connectivity index (χ1v) is 13.5. The topological polar surface area (TPSA) is 43.4 Å². The number of fused-ring (bicyclic) bond motifs is 4. The molecule has 0 aromatic rings. The summed E-state index contributed by atoms with van der Waals surface area (Å²) in [7, 11) is 1.45. The summed E-state index contributed by atoms with van der Waals surface area (Å²) in [6.07, 6.45) is 15.6. The highest BCUT2D eigenvalue weighted by Crippen LogP contribution is 2.71. The molecular formula is C31H46O3. The van der Waals surface area contributed by atoms with Gasteiger partial charge >= 0.3 is 5.97 Å². The molecule has 34 heavy (non-hydrogen) atoms. The maximum absolute atomic E-state index is 12.7. The summed E-state index contributed by atoms with van der Waals surface area (Å²) in [5.74, 6) is 1.84. The van der Waals surface area contributed by atoms with Gasteiger partial charge in [0.2, 0.25) is 0 Å². The van der Waals surface area contributed by atoms with Gasteiger partial charge < -0.3 is 4.74 Å². The van der Waals surface area contributed by atoms with Crippen LogP contribution in [0.4, 0.5) is 0 Å². The summed E-state index contributed by atoms with van der Waals surface area (Å²) in [4.78, 5) is 24.5. The number of hydrogen-bond acceptors (Lipinski definition) is 3. The number of allylic oxidation sites excluding steroid dienone is 5. The molecule has 0 aromatic carbocycles. The van der Waals surface area contributed by atoms with Crippen LogP contribution in [0, 0.1) is 39.4 Å². The SMILES string of the molecule is COC(=O)/C(C)=C/CC[C@@H](C)[C@@H]1CC[C@]2(C)C3=C(CC[C@@]12C)[C@@]1(C)C=CC(=O)C(C)(C)[C@@H]1CC3. The standard InChI is InChI=1S/C31H46O3/c1-20(10-9-11-21(2)27(33)34-8)22-14-18-31(7)24-12-13-25-28(3,4)26(32)16-17-29(25,5)23(24)15-19-30(22,31)6/h11,16-17,20,22,25H,9-10,12-15,18-19H2,1-8H3/b21-11+/t20-,22+,25+,29-,30+,31-/m1/s1. The average molecular weight is 467 g/mol. The Balaban J connectivity index is 1.60. The molecule has 6 atom stereocenters. The number of ketones is 1. The molecule has 0 N–H and O–H groups in total. The van der Waals surface area contributed by atoms with Gasteiger partial charge in [-0.05, 0) is 93.0 Å². The van der Waals surface area contributed by atoms with Gasteiger partial charge in [-0.15, -0.1) is 0 Å². The quantitative estimate of drug-likeness (QED) is 0.238. The summed E-state index contributed by atoms with van der Waals surface area (Å²) in [5.41, 5.74) is 4.46. The first-order chi connectivity index (χ1) is 15.8. The van der Waals surface area contributed by atoms with E-state index in [9.17, 15) is 9.59 Å². The van der Waals surface area contributed by atoms with Gasteiger partial charge in [-0.1, -0.05) is 64.8 Å². The minimum absolute atomic E-state index is 0.0231. The minimum Gasteiger partial charge on any atom is -0.466 e. The molecule has 0 bridgehead atoms. The predicted octanol–water partition coefficient (Wildman–Crippen LogP) is 7.62. The van der Waals surface area contributed by atoms with Crippen molar-refractivity contribution in [3.05, 3.63) is 34.9 Å². The van der Waals surface area contributed by atoms with Crippen molar-refractivity contribution < 1.29 is 14.3 Å². The molecule has 0 aliphatic heterocycles. The smallest absolute Gasteiger partial charge is 0.333 e. The van der Waals surface area contributed by atoms with Crippen LogP contribution in [0.5, 0.6) is 0 Å². The number of ether oxygens (including phenoxy) is 1. The van der Waals surface area contributed by atoms with E-state index in [-0.39, 0.29) is 22.2 Å². The van der Waals surface area contributed by atoms with Gasteiger partial charge in [-0.3, -0.25) is 4.79 Å². The van der Waals surface area contributed by atoms with Crippen LogP contribution < -0.4 is 0 Å². The van der Waals surface area contributed by atoms with Crippen LogP contribution in [-0.4, -0.2) is 18.9 Å². The lowest BCUT2D eigenvalue weighted by Crippen LogP contribution is -2.52. The van der Waals surface area contributed by atoms with Gasteiger partial charge in [-0.25, -0.2) is 4.79 Å². The van der Waals surface area contributed by atoms with Crippen molar-refractivity contribution in [3.63, 3.8) is 0 Å². The zero-order chi connectivity index (χ0) is 25.1. The Bertz CT molecular complexity index is 965. The lowest BCUT2D eigenvalue weighted by atomic mass is 9.44. The van der Waals surface area contributed by atoms with Gasteiger partial charge in [0.05, 0.1) is 7.11 Å². The van der Waals surface area contributed by atoms with Crippen molar-refractivity contribution in [1.82, 2.24) is 0 Å². The first kappa shape index (κ1) is 25.5. The fraction of sp³-hybridized carbons (Fsp3) is 0.742. The summed E-state index contributed by atoms with van der Waals surface area (Å²) < 4.78 is 4.85. The largest absolute Gasteiger partial charge is 0.466 e. The fourth-order valence-electron chi connectivity index (χ4n) is 8.99.